The zero-order chi connectivity index (χ0) is 17.6. The third-order valence-corrected chi connectivity index (χ3v) is 3.60. The van der Waals surface area contributed by atoms with E-state index in [-0.39, 0.29) is 18.1 Å². The van der Waals surface area contributed by atoms with E-state index < -0.39 is 5.91 Å². The summed E-state index contributed by atoms with van der Waals surface area (Å²) in [6, 6.07) is 19.6. The molecule has 0 fully saturated rings. The Kier molecular flexibility index (Phi) is 5.03. The van der Waals surface area contributed by atoms with Crippen LogP contribution in [0.2, 0.25) is 5.02 Å². The van der Waals surface area contributed by atoms with Crippen LogP contribution in [0.1, 0.15) is 5.56 Å². The van der Waals surface area contributed by atoms with Gasteiger partial charge in [-0.1, -0.05) is 41.9 Å². The SMILES string of the molecule is N#Cc1cc(-c2ccccc2)oc1NC(=O)COc1ccc(Cl)cc1. The monoisotopic (exact) mass is 352 g/mol. The molecule has 0 unspecified atom stereocenters. The highest BCUT2D eigenvalue weighted by atomic mass is 35.5. The van der Waals surface area contributed by atoms with Crippen molar-refractivity contribution in [2.75, 3.05) is 11.9 Å². The van der Waals surface area contributed by atoms with Crippen molar-refractivity contribution in [2.24, 2.45) is 0 Å². The Hall–Kier alpha value is -3.23. The van der Waals surface area contributed by atoms with Crippen LogP contribution < -0.4 is 10.1 Å². The van der Waals surface area contributed by atoms with E-state index in [2.05, 4.69) is 5.32 Å². The number of amides is 1. The number of nitriles is 1. The summed E-state index contributed by atoms with van der Waals surface area (Å²) in [5.74, 6) is 0.696. The highest BCUT2D eigenvalue weighted by Gasteiger charge is 2.15. The fourth-order valence-corrected chi connectivity index (χ4v) is 2.28. The number of carbonyl (C=O) groups excluding carboxylic acids is 1. The Bertz CT molecular complexity index is 912. The minimum atomic E-state index is -0.430. The van der Waals surface area contributed by atoms with Gasteiger partial charge in [-0.3, -0.25) is 10.1 Å². The van der Waals surface area contributed by atoms with E-state index in [1.807, 2.05) is 36.4 Å². The van der Waals surface area contributed by atoms with Gasteiger partial charge in [0, 0.05) is 16.7 Å². The lowest BCUT2D eigenvalue weighted by atomic mass is 10.1. The van der Waals surface area contributed by atoms with Crippen molar-refractivity contribution in [2.45, 2.75) is 0 Å². The maximum absolute atomic E-state index is 12.0. The van der Waals surface area contributed by atoms with Gasteiger partial charge in [-0.05, 0) is 24.3 Å². The van der Waals surface area contributed by atoms with Crippen LogP contribution in [0.4, 0.5) is 5.88 Å². The average Bonchev–Trinajstić information content (AvgIpc) is 3.05. The number of nitrogens with zero attached hydrogens (tertiary/aromatic N) is 1. The van der Waals surface area contributed by atoms with Crippen molar-refractivity contribution in [3.8, 4) is 23.1 Å². The van der Waals surface area contributed by atoms with Crippen LogP contribution in [0.5, 0.6) is 5.75 Å². The van der Waals surface area contributed by atoms with E-state index >= 15 is 0 Å². The van der Waals surface area contributed by atoms with Crippen LogP contribution in [0.3, 0.4) is 0 Å². The maximum atomic E-state index is 12.0. The predicted octanol–water partition coefficient (Wildman–Crippen LogP) is 4.49. The van der Waals surface area contributed by atoms with Crippen LogP contribution in [0.15, 0.2) is 65.1 Å². The van der Waals surface area contributed by atoms with Crippen molar-refractivity contribution in [3.05, 3.63) is 71.2 Å². The molecule has 0 aliphatic rings. The van der Waals surface area contributed by atoms with E-state index in [0.29, 0.717) is 16.5 Å². The number of halogens is 1. The molecule has 3 aromatic rings. The molecule has 0 spiro atoms. The van der Waals surface area contributed by atoms with Gasteiger partial charge < -0.3 is 9.15 Å². The lowest BCUT2D eigenvalue weighted by Crippen LogP contribution is -2.20. The number of carbonyl (C=O) groups is 1. The summed E-state index contributed by atoms with van der Waals surface area (Å²) < 4.78 is 11.0. The number of ether oxygens (including phenoxy) is 1. The molecule has 1 aromatic heterocycles. The molecule has 5 nitrogen and oxygen atoms in total. The molecule has 0 saturated carbocycles. The quantitative estimate of drug-likeness (QED) is 0.734. The number of nitrogens with one attached hydrogen (secondary N) is 1. The van der Waals surface area contributed by atoms with Gasteiger partial charge in [0.2, 0.25) is 5.88 Å². The smallest absolute Gasteiger partial charge is 0.264 e. The summed E-state index contributed by atoms with van der Waals surface area (Å²) in [4.78, 5) is 12.0. The molecule has 124 valence electrons. The van der Waals surface area contributed by atoms with E-state index in [1.165, 1.54) is 0 Å². The van der Waals surface area contributed by atoms with Crippen molar-refractivity contribution in [1.82, 2.24) is 0 Å². The number of hydrogen-bond acceptors (Lipinski definition) is 4. The molecule has 3 rings (SSSR count). The summed E-state index contributed by atoms with van der Waals surface area (Å²) in [5, 5.41) is 12.4. The Labute approximate surface area is 149 Å². The highest BCUT2D eigenvalue weighted by Crippen LogP contribution is 2.28. The number of furan rings is 1. The number of rotatable bonds is 5. The summed E-state index contributed by atoms with van der Waals surface area (Å²) in [5.41, 5.74) is 1.07. The Morgan fingerprint density at radius 1 is 1.16 bits per heavy atom. The largest absolute Gasteiger partial charge is 0.484 e. The van der Waals surface area contributed by atoms with Crippen molar-refractivity contribution in [3.63, 3.8) is 0 Å². The molecule has 6 heteroatoms. The fourth-order valence-electron chi connectivity index (χ4n) is 2.15. The molecule has 1 N–H and O–H groups in total. The molecule has 0 radical (unpaired) electrons. The third-order valence-electron chi connectivity index (χ3n) is 3.35. The molecule has 2 aromatic carbocycles. The second kappa shape index (κ2) is 7.56. The van der Waals surface area contributed by atoms with Crippen molar-refractivity contribution < 1.29 is 13.9 Å². The second-order valence-corrected chi connectivity index (χ2v) is 5.56. The first kappa shape index (κ1) is 16.6. The Morgan fingerprint density at radius 2 is 1.88 bits per heavy atom. The average molecular weight is 353 g/mol. The predicted molar refractivity (Wildman–Crippen MR) is 94.4 cm³/mol. The van der Waals surface area contributed by atoms with Crippen LogP contribution >= 0.6 is 11.6 Å². The summed E-state index contributed by atoms with van der Waals surface area (Å²) in [6.45, 7) is -0.214. The normalized spacial score (nSPS) is 10.1. The molecular weight excluding hydrogens is 340 g/mol. The number of hydrogen-bond donors (Lipinski definition) is 1. The summed E-state index contributed by atoms with van der Waals surface area (Å²) >= 11 is 5.79. The molecular formula is C19H13ClN2O3. The first-order valence-corrected chi connectivity index (χ1v) is 7.81. The molecule has 0 atom stereocenters. The minimum absolute atomic E-state index is 0.103. The van der Waals surface area contributed by atoms with E-state index in [4.69, 9.17) is 20.8 Å². The van der Waals surface area contributed by atoms with Crippen LogP contribution in [0, 0.1) is 11.3 Å². The topological polar surface area (TPSA) is 75.3 Å². The number of benzene rings is 2. The highest BCUT2D eigenvalue weighted by molar-refractivity contribution is 6.30. The molecule has 0 saturated heterocycles. The summed E-state index contributed by atoms with van der Waals surface area (Å²) in [7, 11) is 0. The third kappa shape index (κ3) is 4.19. The zero-order valence-corrected chi connectivity index (χ0v) is 13.8. The van der Waals surface area contributed by atoms with Gasteiger partial charge >= 0.3 is 0 Å². The first-order chi connectivity index (χ1) is 12.2. The maximum Gasteiger partial charge on any atom is 0.264 e. The minimum Gasteiger partial charge on any atom is -0.484 e. The van der Waals surface area contributed by atoms with Gasteiger partial charge in [-0.2, -0.15) is 5.26 Å². The second-order valence-electron chi connectivity index (χ2n) is 5.12. The molecule has 0 aliphatic heterocycles. The van der Waals surface area contributed by atoms with Gasteiger partial charge in [0.25, 0.3) is 5.91 Å². The van der Waals surface area contributed by atoms with Crippen LogP contribution in [-0.4, -0.2) is 12.5 Å². The van der Waals surface area contributed by atoms with Gasteiger partial charge in [0.1, 0.15) is 23.1 Å². The zero-order valence-electron chi connectivity index (χ0n) is 13.0. The Balaban J connectivity index is 1.67. The molecule has 1 amide bonds. The van der Waals surface area contributed by atoms with E-state index in [9.17, 15) is 10.1 Å². The van der Waals surface area contributed by atoms with Gasteiger partial charge in [0.15, 0.2) is 6.61 Å². The lowest BCUT2D eigenvalue weighted by molar-refractivity contribution is -0.118. The number of anilines is 1. The van der Waals surface area contributed by atoms with E-state index in [1.54, 1.807) is 30.3 Å². The standard InChI is InChI=1S/C19H13ClN2O3/c20-15-6-8-16(9-7-15)24-12-18(23)22-19-14(11-21)10-17(25-19)13-4-2-1-3-5-13/h1-10H,12H2,(H,22,23). The molecule has 0 aliphatic carbocycles. The van der Waals surface area contributed by atoms with Crippen molar-refractivity contribution in [1.29, 1.82) is 5.26 Å². The van der Waals surface area contributed by atoms with Crippen molar-refractivity contribution >= 4 is 23.4 Å². The van der Waals surface area contributed by atoms with Crippen LogP contribution in [0.25, 0.3) is 11.3 Å². The van der Waals surface area contributed by atoms with Gasteiger partial charge in [-0.15, -0.1) is 0 Å². The van der Waals surface area contributed by atoms with Gasteiger partial charge in [0.05, 0.1) is 0 Å². The lowest BCUT2D eigenvalue weighted by Gasteiger charge is -2.06. The fraction of sp³-hybridized carbons (Fsp3) is 0.0526. The molecule has 1 heterocycles. The molecule has 25 heavy (non-hydrogen) atoms. The first-order valence-electron chi connectivity index (χ1n) is 7.43. The van der Waals surface area contributed by atoms with Crippen LogP contribution in [-0.2, 0) is 4.79 Å². The van der Waals surface area contributed by atoms with Gasteiger partial charge in [-0.25, -0.2) is 0 Å². The Morgan fingerprint density at radius 3 is 2.56 bits per heavy atom. The van der Waals surface area contributed by atoms with E-state index in [0.717, 1.165) is 5.56 Å². The molecule has 0 bridgehead atoms. The summed E-state index contributed by atoms with van der Waals surface area (Å²) in [6.07, 6.45) is 0.